The molecule has 28 heavy (non-hydrogen) atoms. The van der Waals surface area contributed by atoms with Crippen LogP contribution in [0.2, 0.25) is 0 Å². The van der Waals surface area contributed by atoms with Crippen molar-refractivity contribution in [3.05, 3.63) is 53.0 Å². The van der Waals surface area contributed by atoms with Gasteiger partial charge < -0.3 is 10.6 Å². The highest BCUT2D eigenvalue weighted by atomic mass is 32.2. The molecular formula is C19H26N4O3S2. The van der Waals surface area contributed by atoms with Crippen LogP contribution in [0.1, 0.15) is 30.5 Å². The van der Waals surface area contributed by atoms with Gasteiger partial charge in [-0.15, -0.1) is 17.9 Å². The summed E-state index contributed by atoms with van der Waals surface area (Å²) >= 11 is 1.63. The molecule has 1 heterocycles. The molecule has 9 heteroatoms. The van der Waals surface area contributed by atoms with Gasteiger partial charge in [-0.25, -0.2) is 18.2 Å². The summed E-state index contributed by atoms with van der Waals surface area (Å²) in [6.45, 7) is 8.43. The summed E-state index contributed by atoms with van der Waals surface area (Å²) < 4.78 is 25.9. The highest BCUT2D eigenvalue weighted by Crippen LogP contribution is 2.19. The van der Waals surface area contributed by atoms with Gasteiger partial charge in [0, 0.05) is 43.5 Å². The number of rotatable bonds is 9. The van der Waals surface area contributed by atoms with E-state index >= 15 is 0 Å². The SMILES string of the molecule is C=CCN(C)S(=O)(=O)c1ccc(NC(=O)NCCc2csc(C(C)C)n2)cc1. The van der Waals surface area contributed by atoms with Crippen molar-refractivity contribution in [2.24, 2.45) is 0 Å². The lowest BCUT2D eigenvalue weighted by molar-refractivity contribution is 0.252. The van der Waals surface area contributed by atoms with Gasteiger partial charge in [0.25, 0.3) is 0 Å². The van der Waals surface area contributed by atoms with Crippen LogP contribution in [0.4, 0.5) is 10.5 Å². The second-order valence-electron chi connectivity index (χ2n) is 6.56. The predicted octanol–water partition coefficient (Wildman–Crippen LogP) is 3.44. The zero-order valence-corrected chi connectivity index (χ0v) is 17.9. The number of benzene rings is 1. The van der Waals surface area contributed by atoms with Gasteiger partial charge in [-0.2, -0.15) is 4.31 Å². The van der Waals surface area contributed by atoms with Crippen LogP contribution >= 0.6 is 11.3 Å². The number of sulfonamides is 1. The van der Waals surface area contributed by atoms with Crippen LogP contribution in [-0.4, -0.2) is 43.9 Å². The standard InChI is InChI=1S/C19H26N4O3S2/c1-5-12-23(4)28(25,26)17-8-6-15(7-9-17)22-19(24)20-11-10-16-13-27-18(21-16)14(2)3/h5-9,13-14H,1,10-12H2,2-4H3,(H2,20,22,24). The molecule has 2 rings (SSSR count). The number of thiazole rings is 1. The van der Waals surface area contributed by atoms with Crippen molar-refractivity contribution in [1.82, 2.24) is 14.6 Å². The van der Waals surface area contributed by atoms with Gasteiger partial charge >= 0.3 is 6.03 Å². The van der Waals surface area contributed by atoms with E-state index in [1.54, 1.807) is 23.5 Å². The summed E-state index contributed by atoms with van der Waals surface area (Å²) in [5.41, 5.74) is 1.48. The zero-order chi connectivity index (χ0) is 20.7. The Kier molecular flexibility index (Phi) is 7.73. The number of carbonyl (C=O) groups is 1. The number of urea groups is 1. The third kappa shape index (κ3) is 5.88. The Labute approximate surface area is 170 Å². The van der Waals surface area contributed by atoms with Gasteiger partial charge in [0.15, 0.2) is 0 Å². The molecule has 0 atom stereocenters. The molecule has 0 saturated carbocycles. The molecule has 0 aliphatic carbocycles. The maximum absolute atomic E-state index is 12.3. The molecule has 152 valence electrons. The lowest BCUT2D eigenvalue weighted by atomic mass is 10.2. The quantitative estimate of drug-likeness (QED) is 0.606. The molecule has 7 nitrogen and oxygen atoms in total. The minimum atomic E-state index is -3.57. The Morgan fingerprint density at radius 2 is 2.00 bits per heavy atom. The number of amides is 2. The number of carbonyl (C=O) groups excluding carboxylic acids is 1. The minimum absolute atomic E-state index is 0.160. The minimum Gasteiger partial charge on any atom is -0.337 e. The van der Waals surface area contributed by atoms with Crippen LogP contribution in [0, 0.1) is 0 Å². The maximum Gasteiger partial charge on any atom is 0.319 e. The van der Waals surface area contributed by atoms with E-state index in [1.807, 2.05) is 5.38 Å². The first-order valence-corrected chi connectivity index (χ1v) is 11.2. The van der Waals surface area contributed by atoms with Crippen molar-refractivity contribution in [2.45, 2.75) is 31.1 Å². The van der Waals surface area contributed by atoms with Crippen LogP contribution in [-0.2, 0) is 16.4 Å². The van der Waals surface area contributed by atoms with Crippen molar-refractivity contribution in [2.75, 3.05) is 25.5 Å². The van der Waals surface area contributed by atoms with Crippen molar-refractivity contribution in [1.29, 1.82) is 0 Å². The van der Waals surface area contributed by atoms with Gasteiger partial charge in [0.1, 0.15) is 0 Å². The van der Waals surface area contributed by atoms with Crippen LogP contribution < -0.4 is 10.6 Å². The molecule has 0 aliphatic heterocycles. The van der Waals surface area contributed by atoms with E-state index in [4.69, 9.17) is 0 Å². The maximum atomic E-state index is 12.3. The molecule has 0 bridgehead atoms. The Hall–Kier alpha value is -2.23. The Morgan fingerprint density at radius 1 is 1.32 bits per heavy atom. The number of nitrogens with zero attached hydrogens (tertiary/aromatic N) is 2. The summed E-state index contributed by atoms with van der Waals surface area (Å²) in [4.78, 5) is 16.7. The normalized spacial score (nSPS) is 11.6. The second-order valence-corrected chi connectivity index (χ2v) is 9.50. The van der Waals surface area contributed by atoms with Crippen LogP contribution in [0.3, 0.4) is 0 Å². The molecule has 2 N–H and O–H groups in total. The Balaban J connectivity index is 1.86. The lowest BCUT2D eigenvalue weighted by Crippen LogP contribution is -2.30. The topological polar surface area (TPSA) is 91.4 Å². The van der Waals surface area contributed by atoms with Crippen LogP contribution in [0.25, 0.3) is 0 Å². The van der Waals surface area contributed by atoms with Crippen molar-refractivity contribution in [3.63, 3.8) is 0 Å². The number of hydrogen-bond acceptors (Lipinski definition) is 5. The van der Waals surface area contributed by atoms with E-state index in [-0.39, 0.29) is 17.5 Å². The van der Waals surface area contributed by atoms with Crippen molar-refractivity contribution in [3.8, 4) is 0 Å². The fourth-order valence-corrected chi connectivity index (χ4v) is 4.36. The predicted molar refractivity (Wildman–Crippen MR) is 113 cm³/mol. The third-order valence-corrected chi connectivity index (χ3v) is 6.97. The van der Waals surface area contributed by atoms with E-state index in [0.717, 1.165) is 10.7 Å². The molecule has 0 radical (unpaired) electrons. The van der Waals surface area contributed by atoms with Gasteiger partial charge in [-0.3, -0.25) is 0 Å². The van der Waals surface area contributed by atoms with E-state index in [1.165, 1.54) is 29.6 Å². The Morgan fingerprint density at radius 3 is 2.57 bits per heavy atom. The Bertz CT molecular complexity index is 906. The first-order chi connectivity index (χ1) is 13.2. The summed E-state index contributed by atoms with van der Waals surface area (Å²) in [6, 6.07) is 5.70. The average molecular weight is 423 g/mol. The number of anilines is 1. The third-order valence-electron chi connectivity index (χ3n) is 3.94. The second kappa shape index (κ2) is 9.81. The van der Waals surface area contributed by atoms with Gasteiger partial charge in [-0.1, -0.05) is 19.9 Å². The highest BCUT2D eigenvalue weighted by Gasteiger charge is 2.19. The molecule has 0 spiro atoms. The van der Waals surface area contributed by atoms with Crippen LogP contribution in [0.15, 0.2) is 47.2 Å². The molecule has 2 aromatic rings. The van der Waals surface area contributed by atoms with Gasteiger partial charge in [-0.05, 0) is 24.3 Å². The first kappa shape index (κ1) is 22.1. The smallest absolute Gasteiger partial charge is 0.319 e. The number of hydrogen-bond donors (Lipinski definition) is 2. The summed E-state index contributed by atoms with van der Waals surface area (Å²) in [5, 5.41) is 8.57. The molecule has 1 aromatic carbocycles. The fraction of sp³-hybridized carbons (Fsp3) is 0.368. The largest absolute Gasteiger partial charge is 0.337 e. The van der Waals surface area contributed by atoms with E-state index in [0.29, 0.717) is 24.6 Å². The van der Waals surface area contributed by atoms with Crippen LogP contribution in [0.5, 0.6) is 0 Å². The van der Waals surface area contributed by atoms with Crippen molar-refractivity contribution >= 4 is 33.1 Å². The molecule has 0 saturated heterocycles. The van der Waals surface area contributed by atoms with Crippen molar-refractivity contribution < 1.29 is 13.2 Å². The fourth-order valence-electron chi connectivity index (χ4n) is 2.35. The monoisotopic (exact) mass is 422 g/mol. The summed E-state index contributed by atoms with van der Waals surface area (Å²) in [7, 11) is -2.08. The molecule has 0 fully saturated rings. The number of nitrogens with one attached hydrogen (secondary N) is 2. The van der Waals surface area contributed by atoms with E-state index in [2.05, 4.69) is 36.0 Å². The first-order valence-electron chi connectivity index (χ1n) is 8.90. The number of likely N-dealkylation sites (N-methyl/N-ethyl adjacent to an activating group) is 1. The van der Waals surface area contributed by atoms with E-state index in [9.17, 15) is 13.2 Å². The zero-order valence-electron chi connectivity index (χ0n) is 16.3. The average Bonchev–Trinajstić information content (AvgIpc) is 3.11. The molecule has 0 aliphatic rings. The summed E-state index contributed by atoms with van der Waals surface area (Å²) in [5.74, 6) is 0.401. The molecule has 2 amide bonds. The summed E-state index contributed by atoms with van der Waals surface area (Å²) in [6.07, 6.45) is 2.18. The van der Waals surface area contributed by atoms with Gasteiger partial charge in [0.05, 0.1) is 15.6 Å². The van der Waals surface area contributed by atoms with Gasteiger partial charge in [0.2, 0.25) is 10.0 Å². The lowest BCUT2D eigenvalue weighted by Gasteiger charge is -2.15. The molecule has 0 unspecified atom stereocenters. The molecular weight excluding hydrogens is 396 g/mol. The molecule has 1 aromatic heterocycles. The highest BCUT2D eigenvalue weighted by molar-refractivity contribution is 7.89. The van der Waals surface area contributed by atoms with E-state index < -0.39 is 10.0 Å². The number of aromatic nitrogens is 1.